The lowest BCUT2D eigenvalue weighted by atomic mass is 10.1. The quantitative estimate of drug-likeness (QED) is 0.606. The highest BCUT2D eigenvalue weighted by Gasteiger charge is 2.17. The third kappa shape index (κ3) is 6.54. The Morgan fingerprint density at radius 3 is 2.48 bits per heavy atom. The molecule has 6 nitrogen and oxygen atoms in total. The van der Waals surface area contributed by atoms with Crippen molar-refractivity contribution < 1.29 is 31.6 Å². The summed E-state index contributed by atoms with van der Waals surface area (Å²) >= 11 is 0. The zero-order chi connectivity index (χ0) is 16.3. The van der Waals surface area contributed by atoms with Crippen LogP contribution < -0.4 is 4.74 Å². The fourth-order valence-electron chi connectivity index (χ4n) is 1.36. The van der Waals surface area contributed by atoms with Crippen LogP contribution in [0.15, 0.2) is 18.2 Å². The van der Waals surface area contributed by atoms with Crippen molar-refractivity contribution in [1.82, 2.24) is 0 Å². The van der Waals surface area contributed by atoms with Crippen LogP contribution in [0.25, 0.3) is 0 Å². The van der Waals surface area contributed by atoms with Gasteiger partial charge in [-0.15, -0.1) is 0 Å². The van der Waals surface area contributed by atoms with E-state index in [0.29, 0.717) is 0 Å². The molecule has 8 heteroatoms. The molecular formula is C13H16FO6S-. The lowest BCUT2D eigenvalue weighted by Crippen LogP contribution is -2.24. The number of hydrogen-bond donors (Lipinski definition) is 0. The Hall–Kier alpha value is -1.67. The molecule has 0 spiro atoms. The van der Waals surface area contributed by atoms with Crippen molar-refractivity contribution in [3.8, 4) is 5.75 Å². The predicted octanol–water partition coefficient (Wildman–Crippen LogP) is 1.71. The van der Waals surface area contributed by atoms with Crippen LogP contribution in [0, 0.1) is 5.82 Å². The normalized spacial score (nSPS) is 12.0. The van der Waals surface area contributed by atoms with Crippen molar-refractivity contribution in [2.24, 2.45) is 0 Å². The highest BCUT2D eigenvalue weighted by molar-refractivity contribution is 7.85. The second-order valence-electron chi connectivity index (χ2n) is 5.26. The lowest BCUT2D eigenvalue weighted by molar-refractivity contribution is 0.0526. The number of halogens is 1. The first-order chi connectivity index (χ1) is 9.48. The first-order valence-electron chi connectivity index (χ1n) is 6.07. The van der Waals surface area contributed by atoms with Gasteiger partial charge in [0.2, 0.25) is 0 Å². The minimum atomic E-state index is -4.45. The summed E-state index contributed by atoms with van der Waals surface area (Å²) in [5.41, 5.74) is -0.654. The smallest absolute Gasteiger partial charge is 0.338 e. The summed E-state index contributed by atoms with van der Waals surface area (Å²) in [5.74, 6) is -2.43. The molecular weight excluding hydrogens is 303 g/mol. The van der Waals surface area contributed by atoms with Gasteiger partial charge in [-0.05, 0) is 39.0 Å². The Morgan fingerprint density at radius 2 is 1.95 bits per heavy atom. The second kappa shape index (κ2) is 6.40. The molecule has 0 unspecified atom stereocenters. The van der Waals surface area contributed by atoms with E-state index < -0.39 is 39.9 Å². The first kappa shape index (κ1) is 17.4. The molecule has 0 bridgehead atoms. The Labute approximate surface area is 122 Å². The maximum absolute atomic E-state index is 13.6. The number of carbonyl (C=O) groups is 1. The van der Waals surface area contributed by atoms with E-state index >= 15 is 0 Å². The van der Waals surface area contributed by atoms with Crippen LogP contribution in [0.5, 0.6) is 5.75 Å². The van der Waals surface area contributed by atoms with E-state index in [1.54, 1.807) is 20.8 Å². The monoisotopic (exact) mass is 319 g/mol. The molecule has 0 radical (unpaired) electrons. The van der Waals surface area contributed by atoms with Crippen LogP contribution in [0.4, 0.5) is 4.39 Å². The highest BCUT2D eigenvalue weighted by atomic mass is 32.2. The number of hydrogen-bond acceptors (Lipinski definition) is 6. The zero-order valence-corrected chi connectivity index (χ0v) is 12.7. The van der Waals surface area contributed by atoms with Crippen LogP contribution in [0.3, 0.4) is 0 Å². The van der Waals surface area contributed by atoms with E-state index in [1.165, 1.54) is 6.07 Å². The van der Waals surface area contributed by atoms with Crippen LogP contribution in [0.1, 0.15) is 31.1 Å². The van der Waals surface area contributed by atoms with Crippen molar-refractivity contribution in [3.63, 3.8) is 0 Å². The molecule has 0 aliphatic rings. The van der Waals surface area contributed by atoms with Gasteiger partial charge in [0, 0.05) is 0 Å². The third-order valence-corrected chi connectivity index (χ3v) is 2.82. The summed E-state index contributed by atoms with van der Waals surface area (Å²) in [7, 11) is -4.45. The standard InChI is InChI=1S/C13H17FO6S/c1-13(2,3)20-11-8-9(4-5-10(11)14)12(15)19-6-7-21(16,17)18/h4-5,8H,6-7H2,1-3H3,(H,16,17,18)/p-1. The van der Waals surface area contributed by atoms with Crippen LogP contribution in [-0.2, 0) is 14.9 Å². The largest absolute Gasteiger partial charge is 0.748 e. The molecule has 0 saturated carbocycles. The summed E-state index contributed by atoms with van der Waals surface area (Å²) in [6.07, 6.45) is 0. The van der Waals surface area contributed by atoms with Crippen molar-refractivity contribution in [2.75, 3.05) is 12.4 Å². The molecule has 0 heterocycles. The summed E-state index contributed by atoms with van der Waals surface area (Å²) in [4.78, 5) is 11.7. The Bertz CT molecular complexity index is 618. The first-order valence-corrected chi connectivity index (χ1v) is 7.65. The van der Waals surface area contributed by atoms with Crippen molar-refractivity contribution in [3.05, 3.63) is 29.6 Å². The number of carbonyl (C=O) groups excluding carboxylic acids is 1. The topological polar surface area (TPSA) is 92.7 Å². The minimum absolute atomic E-state index is 0.000975. The molecule has 0 aliphatic carbocycles. The average Bonchev–Trinajstić information content (AvgIpc) is 2.28. The van der Waals surface area contributed by atoms with Crippen molar-refractivity contribution >= 4 is 16.1 Å². The van der Waals surface area contributed by atoms with Crippen LogP contribution >= 0.6 is 0 Å². The van der Waals surface area contributed by atoms with Crippen molar-refractivity contribution in [2.45, 2.75) is 26.4 Å². The molecule has 0 aromatic heterocycles. The van der Waals surface area contributed by atoms with E-state index in [-0.39, 0.29) is 11.3 Å². The van der Waals surface area contributed by atoms with E-state index in [2.05, 4.69) is 4.74 Å². The molecule has 0 atom stereocenters. The van der Waals surface area contributed by atoms with Gasteiger partial charge in [0.05, 0.1) is 21.4 Å². The number of rotatable bonds is 5. The summed E-state index contributed by atoms with van der Waals surface area (Å²) in [6, 6.07) is 3.38. The molecule has 0 aliphatic heterocycles. The summed E-state index contributed by atoms with van der Waals surface area (Å²) in [5, 5.41) is 0. The van der Waals surface area contributed by atoms with E-state index in [1.807, 2.05) is 0 Å². The SMILES string of the molecule is CC(C)(C)Oc1cc(C(=O)OCCS(=O)(=O)[O-])ccc1F. The zero-order valence-electron chi connectivity index (χ0n) is 11.9. The molecule has 0 saturated heterocycles. The van der Waals surface area contributed by atoms with Gasteiger partial charge < -0.3 is 14.0 Å². The Kier molecular flexibility index (Phi) is 5.30. The minimum Gasteiger partial charge on any atom is -0.748 e. The van der Waals surface area contributed by atoms with Gasteiger partial charge in [-0.3, -0.25) is 0 Å². The van der Waals surface area contributed by atoms with Crippen LogP contribution in [0.2, 0.25) is 0 Å². The summed E-state index contributed by atoms with van der Waals surface area (Å²) < 4.78 is 54.7. The van der Waals surface area contributed by atoms with Gasteiger partial charge in [0.25, 0.3) is 0 Å². The molecule has 118 valence electrons. The predicted molar refractivity (Wildman–Crippen MR) is 71.6 cm³/mol. The third-order valence-electron chi connectivity index (χ3n) is 2.15. The fourth-order valence-corrected chi connectivity index (χ4v) is 1.65. The Morgan fingerprint density at radius 1 is 1.33 bits per heavy atom. The van der Waals surface area contributed by atoms with Gasteiger partial charge in [-0.25, -0.2) is 17.6 Å². The molecule has 0 fully saturated rings. The maximum Gasteiger partial charge on any atom is 0.338 e. The molecule has 0 amide bonds. The molecule has 0 N–H and O–H groups in total. The van der Waals surface area contributed by atoms with Gasteiger partial charge in [0.15, 0.2) is 11.6 Å². The number of esters is 1. The second-order valence-corrected chi connectivity index (χ2v) is 6.78. The summed E-state index contributed by atoms with van der Waals surface area (Å²) in [6.45, 7) is 4.60. The Balaban J connectivity index is 2.79. The van der Waals surface area contributed by atoms with Gasteiger partial charge in [-0.1, -0.05) is 0 Å². The number of ether oxygens (including phenoxy) is 2. The molecule has 21 heavy (non-hydrogen) atoms. The van der Waals surface area contributed by atoms with Gasteiger partial charge in [0.1, 0.15) is 12.2 Å². The highest BCUT2D eigenvalue weighted by Crippen LogP contribution is 2.23. The van der Waals surface area contributed by atoms with Crippen LogP contribution in [-0.4, -0.2) is 36.9 Å². The van der Waals surface area contributed by atoms with E-state index in [9.17, 15) is 22.2 Å². The maximum atomic E-state index is 13.6. The lowest BCUT2D eigenvalue weighted by Gasteiger charge is -2.21. The van der Waals surface area contributed by atoms with Gasteiger partial charge >= 0.3 is 5.97 Å². The van der Waals surface area contributed by atoms with E-state index in [4.69, 9.17) is 4.74 Å². The van der Waals surface area contributed by atoms with E-state index in [0.717, 1.165) is 12.1 Å². The number of benzene rings is 1. The van der Waals surface area contributed by atoms with Gasteiger partial charge in [-0.2, -0.15) is 0 Å². The molecule has 1 aromatic carbocycles. The fraction of sp³-hybridized carbons (Fsp3) is 0.462. The molecule has 1 aromatic rings. The average molecular weight is 319 g/mol. The van der Waals surface area contributed by atoms with Crippen molar-refractivity contribution in [1.29, 1.82) is 0 Å². The molecule has 1 rings (SSSR count).